The first-order valence-electron chi connectivity index (χ1n) is 8.53. The van der Waals surface area contributed by atoms with Crippen LogP contribution in [0.15, 0.2) is 45.1 Å². The molecule has 9 heteroatoms. The first kappa shape index (κ1) is 23.3. The summed E-state index contributed by atoms with van der Waals surface area (Å²) in [5.74, 6) is -0.742. The molecule has 2 aromatic rings. The molecule has 0 spiro atoms. The Kier molecular flexibility index (Phi) is 8.57. The Hall–Kier alpha value is -2.01. The number of likely N-dealkylation sites (N-methyl/N-ethyl adjacent to an activating group) is 1. The Balaban J connectivity index is 2.33. The second kappa shape index (κ2) is 10.7. The SMILES string of the molecule is CNC(=O)/C(=N/OC)c1cccc(C)c1CO/N=C(\C)c1cc(Br)cc(I)c1F. The van der Waals surface area contributed by atoms with Gasteiger partial charge in [-0.3, -0.25) is 4.79 Å². The molecule has 2 rings (SSSR count). The molecule has 0 saturated carbocycles. The molecule has 0 fully saturated rings. The lowest BCUT2D eigenvalue weighted by molar-refractivity contribution is -0.114. The number of aryl methyl sites for hydroxylation is 1. The minimum atomic E-state index is -0.385. The molecule has 0 unspecified atom stereocenters. The molecule has 2 aromatic carbocycles. The number of nitrogens with one attached hydrogen (secondary N) is 1. The number of hydrogen-bond donors (Lipinski definition) is 1. The minimum Gasteiger partial charge on any atom is -0.398 e. The van der Waals surface area contributed by atoms with Crippen LogP contribution in [-0.4, -0.2) is 31.5 Å². The third-order valence-corrected chi connectivity index (χ3v) is 5.33. The van der Waals surface area contributed by atoms with Crippen LogP contribution in [0.3, 0.4) is 0 Å². The molecule has 0 saturated heterocycles. The average molecular weight is 576 g/mol. The molecule has 1 amide bonds. The maximum Gasteiger partial charge on any atom is 0.273 e. The molecule has 0 atom stereocenters. The van der Waals surface area contributed by atoms with Gasteiger partial charge in [0.05, 0.1) is 9.28 Å². The molecule has 0 radical (unpaired) electrons. The van der Waals surface area contributed by atoms with E-state index in [1.807, 2.05) is 41.6 Å². The molecule has 6 nitrogen and oxygen atoms in total. The van der Waals surface area contributed by atoms with Crippen LogP contribution in [0.4, 0.5) is 4.39 Å². The van der Waals surface area contributed by atoms with Gasteiger partial charge in [-0.2, -0.15) is 0 Å². The van der Waals surface area contributed by atoms with Crippen LogP contribution in [-0.2, 0) is 21.1 Å². The van der Waals surface area contributed by atoms with E-state index in [9.17, 15) is 9.18 Å². The monoisotopic (exact) mass is 575 g/mol. The fourth-order valence-corrected chi connectivity index (χ4v) is 4.11. The zero-order valence-electron chi connectivity index (χ0n) is 16.3. The summed E-state index contributed by atoms with van der Waals surface area (Å²) in [4.78, 5) is 22.5. The van der Waals surface area contributed by atoms with E-state index < -0.39 is 0 Å². The molecule has 0 aromatic heterocycles. The molecule has 0 bridgehead atoms. The lowest BCUT2D eigenvalue weighted by atomic mass is 9.98. The number of halogens is 3. The normalized spacial score (nSPS) is 12.0. The zero-order chi connectivity index (χ0) is 21.6. The third-order valence-electron chi connectivity index (χ3n) is 4.08. The molecule has 154 valence electrons. The molecule has 1 N–H and O–H groups in total. The van der Waals surface area contributed by atoms with Gasteiger partial charge in [-0.1, -0.05) is 44.4 Å². The topological polar surface area (TPSA) is 72.3 Å². The van der Waals surface area contributed by atoms with Crippen LogP contribution in [0.1, 0.15) is 29.2 Å². The van der Waals surface area contributed by atoms with E-state index in [0.29, 0.717) is 20.4 Å². The van der Waals surface area contributed by atoms with Crippen LogP contribution < -0.4 is 5.32 Å². The third kappa shape index (κ3) is 5.75. The standard InChI is InChI=1S/C20H20BrFIN3O3/c1-11-6-5-7-14(19(26-28-4)20(27)24-3)16(11)10-29-25-12(2)15-8-13(21)9-17(23)18(15)22/h5-9H,10H2,1-4H3,(H,24,27)/b25-12+,26-19+. The largest absolute Gasteiger partial charge is 0.398 e. The van der Waals surface area contributed by atoms with E-state index in [2.05, 4.69) is 31.6 Å². The molecule has 29 heavy (non-hydrogen) atoms. The second-order valence-corrected chi connectivity index (χ2v) is 8.08. The number of carbonyl (C=O) groups excluding carboxylic acids is 1. The van der Waals surface area contributed by atoms with Gasteiger partial charge in [0.2, 0.25) is 0 Å². The van der Waals surface area contributed by atoms with E-state index in [1.54, 1.807) is 25.1 Å². The van der Waals surface area contributed by atoms with Crippen molar-refractivity contribution in [3.8, 4) is 0 Å². The summed E-state index contributed by atoms with van der Waals surface area (Å²) >= 11 is 5.29. The van der Waals surface area contributed by atoms with Crippen LogP contribution in [0.25, 0.3) is 0 Å². The Morgan fingerprint density at radius 3 is 2.66 bits per heavy atom. The van der Waals surface area contributed by atoms with Crippen molar-refractivity contribution >= 4 is 55.9 Å². The summed E-state index contributed by atoms with van der Waals surface area (Å²) < 4.78 is 15.6. The number of hydrogen-bond acceptors (Lipinski definition) is 5. The van der Waals surface area contributed by atoms with Crippen molar-refractivity contribution in [1.82, 2.24) is 5.32 Å². The number of benzene rings is 2. The number of oxime groups is 2. The summed E-state index contributed by atoms with van der Waals surface area (Å²) in [7, 11) is 2.89. The highest BCUT2D eigenvalue weighted by atomic mass is 127. The Labute approximate surface area is 190 Å². The number of amides is 1. The molecule has 0 aliphatic carbocycles. The summed E-state index contributed by atoms with van der Waals surface area (Å²) in [5.41, 5.74) is 3.07. The first-order chi connectivity index (χ1) is 13.8. The number of rotatable bonds is 7. The van der Waals surface area contributed by atoms with Crippen LogP contribution in [0, 0.1) is 16.3 Å². The number of carbonyl (C=O) groups is 1. The van der Waals surface area contributed by atoms with E-state index in [4.69, 9.17) is 9.68 Å². The minimum absolute atomic E-state index is 0.0752. The van der Waals surface area contributed by atoms with Gasteiger partial charge >= 0.3 is 0 Å². The fourth-order valence-electron chi connectivity index (χ4n) is 2.60. The highest BCUT2D eigenvalue weighted by Gasteiger charge is 2.19. The summed E-state index contributed by atoms with van der Waals surface area (Å²) in [5, 5.41) is 10.5. The van der Waals surface area contributed by atoms with E-state index in [1.165, 1.54) is 14.2 Å². The quantitative estimate of drug-likeness (QED) is 0.228. The maximum atomic E-state index is 14.4. The highest BCUT2D eigenvalue weighted by molar-refractivity contribution is 14.1. The lowest BCUT2D eigenvalue weighted by Gasteiger charge is -2.13. The molecule has 0 aliphatic heterocycles. The molecule has 0 heterocycles. The lowest BCUT2D eigenvalue weighted by Crippen LogP contribution is -2.29. The molecular formula is C20H20BrFIN3O3. The predicted octanol–water partition coefficient (Wildman–Crippen LogP) is 4.54. The van der Waals surface area contributed by atoms with Crippen molar-refractivity contribution in [3.05, 3.63) is 66.4 Å². The highest BCUT2D eigenvalue weighted by Crippen LogP contribution is 2.23. The van der Waals surface area contributed by atoms with Crippen LogP contribution >= 0.6 is 38.5 Å². The summed E-state index contributed by atoms with van der Waals surface area (Å²) in [6.07, 6.45) is 0. The van der Waals surface area contributed by atoms with Gasteiger partial charge in [-0.05, 0) is 54.1 Å². The fraction of sp³-hybridized carbons (Fsp3) is 0.250. The smallest absolute Gasteiger partial charge is 0.273 e. The summed E-state index contributed by atoms with van der Waals surface area (Å²) in [6.45, 7) is 3.64. The Morgan fingerprint density at radius 2 is 2.00 bits per heavy atom. The van der Waals surface area contributed by atoms with Gasteiger partial charge in [0, 0.05) is 28.2 Å². The Morgan fingerprint density at radius 1 is 1.28 bits per heavy atom. The Bertz CT molecular complexity index is 980. The van der Waals surface area contributed by atoms with Gasteiger partial charge in [0.1, 0.15) is 19.5 Å². The maximum absolute atomic E-state index is 14.4. The second-order valence-electron chi connectivity index (χ2n) is 6.00. The first-order valence-corrected chi connectivity index (χ1v) is 10.4. The van der Waals surface area contributed by atoms with Gasteiger partial charge in [-0.25, -0.2) is 4.39 Å². The van der Waals surface area contributed by atoms with Crippen molar-refractivity contribution in [2.45, 2.75) is 20.5 Å². The van der Waals surface area contributed by atoms with Crippen molar-refractivity contribution in [3.63, 3.8) is 0 Å². The number of nitrogens with zero attached hydrogens (tertiary/aromatic N) is 2. The van der Waals surface area contributed by atoms with Crippen molar-refractivity contribution in [2.75, 3.05) is 14.2 Å². The van der Waals surface area contributed by atoms with E-state index in [0.717, 1.165) is 15.6 Å². The van der Waals surface area contributed by atoms with E-state index in [-0.39, 0.29) is 24.0 Å². The van der Waals surface area contributed by atoms with E-state index >= 15 is 0 Å². The van der Waals surface area contributed by atoms with Gasteiger partial charge in [0.15, 0.2) is 5.71 Å². The van der Waals surface area contributed by atoms with Crippen molar-refractivity contribution < 1.29 is 18.9 Å². The average Bonchev–Trinajstić information content (AvgIpc) is 2.69. The molecular weight excluding hydrogens is 556 g/mol. The zero-order valence-corrected chi connectivity index (χ0v) is 20.1. The van der Waals surface area contributed by atoms with Gasteiger partial charge in [-0.15, -0.1) is 0 Å². The van der Waals surface area contributed by atoms with Crippen molar-refractivity contribution in [1.29, 1.82) is 0 Å². The predicted molar refractivity (Wildman–Crippen MR) is 123 cm³/mol. The molecule has 0 aliphatic rings. The van der Waals surface area contributed by atoms with Gasteiger partial charge in [0.25, 0.3) is 5.91 Å². The van der Waals surface area contributed by atoms with Crippen LogP contribution in [0.2, 0.25) is 0 Å². The van der Waals surface area contributed by atoms with Gasteiger partial charge < -0.3 is 15.0 Å². The van der Waals surface area contributed by atoms with Crippen LogP contribution in [0.5, 0.6) is 0 Å². The summed E-state index contributed by atoms with van der Waals surface area (Å²) in [6, 6.07) is 8.79. The van der Waals surface area contributed by atoms with Crippen molar-refractivity contribution in [2.24, 2.45) is 10.3 Å².